The van der Waals surface area contributed by atoms with E-state index >= 15 is 0 Å². The first-order chi connectivity index (χ1) is 13.8. The third-order valence-electron chi connectivity index (χ3n) is 4.59. The molecule has 0 fully saturated rings. The molecule has 0 saturated carbocycles. The van der Waals surface area contributed by atoms with Gasteiger partial charge in [-0.2, -0.15) is 0 Å². The van der Waals surface area contributed by atoms with Crippen molar-refractivity contribution in [2.45, 2.75) is 65.0 Å². The monoisotopic (exact) mass is 399 g/mol. The molecule has 1 aliphatic heterocycles. The van der Waals surface area contributed by atoms with Gasteiger partial charge >= 0.3 is 6.09 Å². The van der Waals surface area contributed by atoms with Crippen LogP contribution in [0.25, 0.3) is 0 Å². The molecule has 3 rings (SSSR count). The fourth-order valence-corrected chi connectivity index (χ4v) is 3.28. The first-order valence-corrected chi connectivity index (χ1v) is 10.1. The number of aryl methyl sites for hydroxylation is 1. The normalized spacial score (nSPS) is 13.9. The molecule has 1 aromatic carbocycles. The van der Waals surface area contributed by atoms with Gasteiger partial charge < -0.3 is 14.6 Å². The van der Waals surface area contributed by atoms with Gasteiger partial charge in [-0.1, -0.05) is 12.5 Å². The number of carbonyl (C=O) groups excluding carboxylic acids is 2. The van der Waals surface area contributed by atoms with E-state index in [1.54, 1.807) is 45.0 Å². The number of nitrogens with one attached hydrogen (secondary N) is 2. The summed E-state index contributed by atoms with van der Waals surface area (Å²) in [6.45, 7) is 6.81. The fraction of sp³-hybridized carbons (Fsp3) is 0.524. The first kappa shape index (κ1) is 20.8. The van der Waals surface area contributed by atoms with Gasteiger partial charge in [-0.15, -0.1) is 10.2 Å². The summed E-state index contributed by atoms with van der Waals surface area (Å²) >= 11 is 0. The van der Waals surface area contributed by atoms with Gasteiger partial charge in [-0.25, -0.2) is 4.79 Å². The minimum atomic E-state index is -0.584. The van der Waals surface area contributed by atoms with Crippen molar-refractivity contribution in [2.75, 3.05) is 11.9 Å². The van der Waals surface area contributed by atoms with Crippen LogP contribution in [0.1, 0.15) is 62.0 Å². The van der Waals surface area contributed by atoms with Gasteiger partial charge in [-0.05, 0) is 51.8 Å². The average Bonchev–Trinajstić information content (AvgIpc) is 2.87. The maximum atomic E-state index is 12.5. The molecule has 156 valence electrons. The number of carbonyl (C=O) groups is 2. The van der Waals surface area contributed by atoms with E-state index in [0.717, 1.165) is 37.5 Å². The van der Waals surface area contributed by atoms with E-state index in [2.05, 4.69) is 25.4 Å². The minimum Gasteiger partial charge on any atom is -0.444 e. The third kappa shape index (κ3) is 6.04. The zero-order chi connectivity index (χ0) is 20.9. The molecule has 0 bridgehead atoms. The second-order valence-electron chi connectivity index (χ2n) is 8.21. The van der Waals surface area contributed by atoms with Crippen molar-refractivity contribution in [1.82, 2.24) is 20.1 Å². The van der Waals surface area contributed by atoms with Gasteiger partial charge in [0.25, 0.3) is 5.91 Å². The molecule has 2 amide bonds. The van der Waals surface area contributed by atoms with Crippen LogP contribution in [0.4, 0.5) is 10.5 Å². The van der Waals surface area contributed by atoms with E-state index in [-0.39, 0.29) is 5.91 Å². The van der Waals surface area contributed by atoms with Crippen LogP contribution >= 0.6 is 0 Å². The summed E-state index contributed by atoms with van der Waals surface area (Å²) in [4.78, 5) is 24.4. The third-order valence-corrected chi connectivity index (χ3v) is 4.59. The summed E-state index contributed by atoms with van der Waals surface area (Å²) in [5, 5.41) is 14.1. The molecule has 8 heteroatoms. The summed E-state index contributed by atoms with van der Waals surface area (Å²) < 4.78 is 7.42. The first-order valence-electron chi connectivity index (χ1n) is 10.1. The number of aromatic nitrogens is 3. The Morgan fingerprint density at radius 1 is 1.17 bits per heavy atom. The smallest absolute Gasteiger partial charge is 0.412 e. The molecule has 29 heavy (non-hydrogen) atoms. The number of amides is 2. The highest BCUT2D eigenvalue weighted by Gasteiger charge is 2.17. The van der Waals surface area contributed by atoms with Crippen molar-refractivity contribution < 1.29 is 14.3 Å². The molecule has 0 unspecified atom stereocenters. The van der Waals surface area contributed by atoms with Crippen molar-refractivity contribution >= 4 is 17.7 Å². The summed E-state index contributed by atoms with van der Waals surface area (Å²) in [6, 6.07) is 6.77. The lowest BCUT2D eigenvalue weighted by molar-refractivity contribution is 0.0635. The number of nitrogens with zero attached hydrogens (tertiary/aromatic N) is 3. The zero-order valence-corrected chi connectivity index (χ0v) is 17.3. The van der Waals surface area contributed by atoms with Crippen molar-refractivity contribution in [3.8, 4) is 0 Å². The fourth-order valence-electron chi connectivity index (χ4n) is 3.28. The van der Waals surface area contributed by atoms with Crippen LogP contribution in [0.3, 0.4) is 0 Å². The predicted molar refractivity (Wildman–Crippen MR) is 110 cm³/mol. The number of hydrogen-bond donors (Lipinski definition) is 2. The largest absolute Gasteiger partial charge is 0.444 e. The van der Waals surface area contributed by atoms with Crippen LogP contribution in [0, 0.1) is 0 Å². The number of ether oxygens (including phenoxy) is 1. The van der Waals surface area contributed by atoms with Crippen LogP contribution in [0.2, 0.25) is 0 Å². The van der Waals surface area contributed by atoms with Gasteiger partial charge in [0.2, 0.25) is 0 Å². The van der Waals surface area contributed by atoms with E-state index in [9.17, 15) is 9.59 Å². The highest BCUT2D eigenvalue weighted by atomic mass is 16.6. The van der Waals surface area contributed by atoms with Gasteiger partial charge in [0, 0.05) is 37.2 Å². The van der Waals surface area contributed by atoms with Crippen LogP contribution in [-0.2, 0) is 24.1 Å². The van der Waals surface area contributed by atoms with Crippen LogP contribution in [0.5, 0.6) is 0 Å². The van der Waals surface area contributed by atoms with Crippen molar-refractivity contribution in [3.05, 3.63) is 41.5 Å². The number of hydrogen-bond acceptors (Lipinski definition) is 5. The van der Waals surface area contributed by atoms with Crippen LogP contribution in [-0.4, -0.2) is 38.9 Å². The van der Waals surface area contributed by atoms with Crippen molar-refractivity contribution in [2.24, 2.45) is 0 Å². The summed E-state index contributed by atoms with van der Waals surface area (Å²) in [5.74, 6) is 1.76. The van der Waals surface area contributed by atoms with E-state index in [0.29, 0.717) is 24.2 Å². The Bertz CT molecular complexity index is 869. The number of rotatable bonds is 5. The molecule has 2 N–H and O–H groups in total. The summed E-state index contributed by atoms with van der Waals surface area (Å²) in [5.41, 5.74) is 0.396. The lowest BCUT2D eigenvalue weighted by atomic mass is 10.2. The summed E-state index contributed by atoms with van der Waals surface area (Å²) in [7, 11) is 0. The van der Waals surface area contributed by atoms with Gasteiger partial charge in [-0.3, -0.25) is 10.1 Å². The van der Waals surface area contributed by atoms with Crippen LogP contribution < -0.4 is 10.6 Å². The lowest BCUT2D eigenvalue weighted by Gasteiger charge is -2.19. The SMILES string of the molecule is CC(C)(C)OC(=O)Nc1cccc(C(=O)NCCc2nnc3n2CCCCC3)c1. The summed E-state index contributed by atoms with van der Waals surface area (Å²) in [6.07, 6.45) is 4.56. The molecular formula is C21H29N5O3. The minimum absolute atomic E-state index is 0.201. The zero-order valence-electron chi connectivity index (χ0n) is 17.3. The molecule has 2 aromatic rings. The quantitative estimate of drug-likeness (QED) is 0.804. The molecule has 1 aliphatic rings. The number of benzene rings is 1. The molecule has 2 heterocycles. The van der Waals surface area contributed by atoms with Gasteiger partial charge in [0.15, 0.2) is 0 Å². The number of anilines is 1. The second-order valence-corrected chi connectivity index (χ2v) is 8.21. The highest BCUT2D eigenvalue weighted by Crippen LogP contribution is 2.15. The molecular weight excluding hydrogens is 370 g/mol. The average molecular weight is 399 g/mol. The molecule has 0 atom stereocenters. The highest BCUT2D eigenvalue weighted by molar-refractivity contribution is 5.96. The Morgan fingerprint density at radius 2 is 2.00 bits per heavy atom. The van der Waals surface area contributed by atoms with E-state index in [1.165, 1.54) is 6.42 Å². The Morgan fingerprint density at radius 3 is 2.79 bits per heavy atom. The van der Waals surface area contributed by atoms with Crippen molar-refractivity contribution in [3.63, 3.8) is 0 Å². The topological polar surface area (TPSA) is 98.1 Å². The molecule has 0 aliphatic carbocycles. The molecule has 0 saturated heterocycles. The van der Waals surface area contributed by atoms with E-state index < -0.39 is 11.7 Å². The Labute approximate surface area is 171 Å². The Hall–Kier alpha value is -2.90. The maximum absolute atomic E-state index is 12.5. The molecule has 0 spiro atoms. The van der Waals surface area contributed by atoms with Crippen molar-refractivity contribution in [1.29, 1.82) is 0 Å². The van der Waals surface area contributed by atoms with Gasteiger partial charge in [0.05, 0.1) is 0 Å². The maximum Gasteiger partial charge on any atom is 0.412 e. The van der Waals surface area contributed by atoms with Gasteiger partial charge in [0.1, 0.15) is 17.2 Å². The number of fused-ring (bicyclic) bond motifs is 1. The standard InChI is InChI=1S/C21H29N5O3/c1-21(2,3)29-20(28)23-16-9-7-8-15(14-16)19(27)22-12-11-18-25-24-17-10-5-4-6-13-26(17)18/h7-9,14H,4-6,10-13H2,1-3H3,(H,22,27)(H,23,28). The van der Waals surface area contributed by atoms with E-state index in [4.69, 9.17) is 4.74 Å². The predicted octanol–water partition coefficient (Wildman–Crippen LogP) is 3.32. The van der Waals surface area contributed by atoms with Crippen LogP contribution in [0.15, 0.2) is 24.3 Å². The molecule has 8 nitrogen and oxygen atoms in total. The molecule has 0 radical (unpaired) electrons. The molecule has 1 aromatic heterocycles. The Kier molecular flexibility index (Phi) is 6.51. The second kappa shape index (κ2) is 9.07. The van der Waals surface area contributed by atoms with E-state index in [1.807, 2.05) is 0 Å². The lowest BCUT2D eigenvalue weighted by Crippen LogP contribution is -2.28. The Balaban J connectivity index is 1.53.